The molecule has 2 saturated heterocycles. The van der Waals surface area contributed by atoms with Crippen molar-refractivity contribution in [3.63, 3.8) is 0 Å². The van der Waals surface area contributed by atoms with E-state index >= 15 is 0 Å². The van der Waals surface area contributed by atoms with Gasteiger partial charge in [0.05, 0.1) is 11.2 Å². The molecule has 2 unspecified atom stereocenters. The molecular weight excluding hydrogens is 390 g/mol. The number of rotatable bonds is 2. The Balaban J connectivity index is 1.80. The lowest BCUT2D eigenvalue weighted by Crippen LogP contribution is -2.61. The normalized spacial score (nSPS) is 27.7. The van der Waals surface area contributed by atoms with Gasteiger partial charge in [0.25, 0.3) is 0 Å². The molecule has 1 amide bonds. The summed E-state index contributed by atoms with van der Waals surface area (Å²) in [5.41, 5.74) is -2.91. The fraction of sp³-hybridized carbons (Fsp3) is 0.667. The number of piperidine rings is 2. The van der Waals surface area contributed by atoms with Gasteiger partial charge in [-0.3, -0.25) is 0 Å². The lowest BCUT2D eigenvalue weighted by Gasteiger charge is -2.51. The van der Waals surface area contributed by atoms with Crippen molar-refractivity contribution in [2.45, 2.75) is 88.8 Å². The Hall–Kier alpha value is -1.83. The second kappa shape index (κ2) is 7.45. The summed E-state index contributed by atoms with van der Waals surface area (Å²) in [5.74, 6) is -0.982. The van der Waals surface area contributed by atoms with E-state index in [9.17, 15) is 27.5 Å². The molecule has 3 rings (SSSR count). The molecule has 0 aromatic heterocycles. The molecule has 0 aliphatic carbocycles. The SMILES string of the molecule is CC(C)(C)OC(=O)N1C2CCCC1CC(O)(Cc1cc(F)cc(C(F)(F)F)c1)C2. The van der Waals surface area contributed by atoms with Crippen molar-refractivity contribution in [2.24, 2.45) is 0 Å². The van der Waals surface area contributed by atoms with Crippen LogP contribution in [0.5, 0.6) is 0 Å². The van der Waals surface area contributed by atoms with E-state index in [1.807, 2.05) is 0 Å². The maximum atomic E-state index is 13.7. The third kappa shape index (κ3) is 5.21. The van der Waals surface area contributed by atoms with Crippen LogP contribution in [0.15, 0.2) is 18.2 Å². The van der Waals surface area contributed by atoms with Crippen molar-refractivity contribution in [3.05, 3.63) is 35.1 Å². The lowest BCUT2D eigenvalue weighted by molar-refractivity contribution is -0.138. The zero-order valence-electron chi connectivity index (χ0n) is 16.9. The Bertz CT molecular complexity index is 758. The first kappa shape index (κ1) is 21.9. The molecule has 1 aromatic rings. The second-order valence-corrected chi connectivity index (χ2v) is 9.28. The molecule has 2 aliphatic heterocycles. The van der Waals surface area contributed by atoms with Gasteiger partial charge in [-0.1, -0.05) is 0 Å². The van der Waals surface area contributed by atoms with Gasteiger partial charge in [0.1, 0.15) is 11.4 Å². The molecule has 2 fully saturated rings. The van der Waals surface area contributed by atoms with E-state index in [4.69, 9.17) is 4.74 Å². The average molecular weight is 417 g/mol. The van der Waals surface area contributed by atoms with Gasteiger partial charge in [-0.2, -0.15) is 13.2 Å². The monoisotopic (exact) mass is 417 g/mol. The number of halogens is 4. The molecule has 1 aromatic carbocycles. The molecule has 0 saturated carbocycles. The molecule has 2 atom stereocenters. The van der Waals surface area contributed by atoms with Gasteiger partial charge >= 0.3 is 12.3 Å². The highest BCUT2D eigenvalue weighted by atomic mass is 19.4. The molecule has 0 radical (unpaired) electrons. The Morgan fingerprint density at radius 2 is 1.76 bits per heavy atom. The Morgan fingerprint density at radius 3 is 2.28 bits per heavy atom. The highest BCUT2D eigenvalue weighted by Crippen LogP contribution is 2.42. The van der Waals surface area contributed by atoms with Gasteiger partial charge < -0.3 is 14.7 Å². The van der Waals surface area contributed by atoms with Crippen LogP contribution in [-0.2, 0) is 17.3 Å². The third-order valence-corrected chi connectivity index (χ3v) is 5.52. The van der Waals surface area contributed by atoms with Crippen molar-refractivity contribution < 1.29 is 32.2 Å². The van der Waals surface area contributed by atoms with Crippen LogP contribution >= 0.6 is 0 Å². The van der Waals surface area contributed by atoms with Crippen LogP contribution in [-0.4, -0.2) is 39.4 Å². The number of ether oxygens (including phenoxy) is 1. The smallest absolute Gasteiger partial charge is 0.416 e. The van der Waals surface area contributed by atoms with E-state index in [1.165, 1.54) is 0 Å². The maximum Gasteiger partial charge on any atom is 0.416 e. The first-order valence-electron chi connectivity index (χ1n) is 9.86. The number of benzene rings is 1. The van der Waals surface area contributed by atoms with Crippen LogP contribution in [0.4, 0.5) is 22.4 Å². The van der Waals surface area contributed by atoms with E-state index in [0.29, 0.717) is 18.9 Å². The molecule has 4 nitrogen and oxygen atoms in total. The molecule has 2 heterocycles. The first-order valence-corrected chi connectivity index (χ1v) is 9.86. The number of nitrogens with zero attached hydrogens (tertiary/aromatic N) is 1. The van der Waals surface area contributed by atoms with E-state index in [0.717, 1.165) is 18.6 Å². The number of amides is 1. The predicted octanol–water partition coefficient (Wildman–Crippen LogP) is 5.07. The molecule has 1 N–H and O–H groups in total. The second-order valence-electron chi connectivity index (χ2n) is 9.28. The van der Waals surface area contributed by atoms with E-state index in [1.54, 1.807) is 25.7 Å². The van der Waals surface area contributed by atoms with Crippen LogP contribution in [0.1, 0.15) is 64.0 Å². The molecule has 162 valence electrons. The summed E-state index contributed by atoms with van der Waals surface area (Å²) >= 11 is 0. The lowest BCUT2D eigenvalue weighted by atomic mass is 9.73. The minimum absolute atomic E-state index is 0.0942. The summed E-state index contributed by atoms with van der Waals surface area (Å²) in [6.45, 7) is 5.34. The van der Waals surface area contributed by atoms with E-state index < -0.39 is 34.9 Å². The summed E-state index contributed by atoms with van der Waals surface area (Å²) in [6.07, 6.45) is -2.45. The van der Waals surface area contributed by atoms with Gasteiger partial charge in [0.2, 0.25) is 0 Å². The van der Waals surface area contributed by atoms with Crippen molar-refractivity contribution in [1.29, 1.82) is 0 Å². The molecule has 8 heteroatoms. The van der Waals surface area contributed by atoms with Crippen LogP contribution in [0.2, 0.25) is 0 Å². The van der Waals surface area contributed by atoms with Crippen molar-refractivity contribution in [3.8, 4) is 0 Å². The van der Waals surface area contributed by atoms with Gasteiger partial charge in [-0.25, -0.2) is 9.18 Å². The fourth-order valence-corrected chi connectivity index (χ4v) is 4.58. The minimum atomic E-state index is -4.66. The van der Waals surface area contributed by atoms with Gasteiger partial charge in [-0.05, 0) is 76.6 Å². The molecule has 29 heavy (non-hydrogen) atoms. The summed E-state index contributed by atoms with van der Waals surface area (Å²) < 4.78 is 58.2. The van der Waals surface area contributed by atoms with E-state index in [-0.39, 0.29) is 36.9 Å². The van der Waals surface area contributed by atoms with Crippen LogP contribution in [0.3, 0.4) is 0 Å². The summed E-state index contributed by atoms with van der Waals surface area (Å²) in [7, 11) is 0. The Labute approximate surface area is 167 Å². The topological polar surface area (TPSA) is 49.8 Å². The highest BCUT2D eigenvalue weighted by molar-refractivity contribution is 5.69. The number of fused-ring (bicyclic) bond motifs is 2. The van der Waals surface area contributed by atoms with Crippen LogP contribution < -0.4 is 0 Å². The van der Waals surface area contributed by atoms with Crippen LogP contribution in [0.25, 0.3) is 0 Å². The largest absolute Gasteiger partial charge is 0.444 e. The molecule has 2 aliphatic rings. The number of hydrogen-bond donors (Lipinski definition) is 1. The number of carbonyl (C=O) groups excluding carboxylic acids is 1. The summed E-state index contributed by atoms with van der Waals surface area (Å²) in [4.78, 5) is 14.3. The van der Waals surface area contributed by atoms with E-state index in [2.05, 4.69) is 0 Å². The van der Waals surface area contributed by atoms with Gasteiger partial charge in [0.15, 0.2) is 0 Å². The molecule has 2 bridgehead atoms. The summed E-state index contributed by atoms with van der Waals surface area (Å²) in [5, 5.41) is 11.2. The predicted molar refractivity (Wildman–Crippen MR) is 98.8 cm³/mol. The van der Waals surface area contributed by atoms with Crippen molar-refractivity contribution >= 4 is 6.09 Å². The number of alkyl halides is 3. The first-order chi connectivity index (χ1) is 13.3. The Morgan fingerprint density at radius 1 is 1.17 bits per heavy atom. The quantitative estimate of drug-likeness (QED) is 0.684. The number of carbonyl (C=O) groups is 1. The average Bonchev–Trinajstić information content (AvgIpc) is 2.50. The highest BCUT2D eigenvalue weighted by Gasteiger charge is 2.48. The van der Waals surface area contributed by atoms with Crippen molar-refractivity contribution in [1.82, 2.24) is 4.90 Å². The molecule has 0 spiro atoms. The summed E-state index contributed by atoms with van der Waals surface area (Å²) in [6, 6.07) is 1.87. The number of aliphatic hydroxyl groups is 1. The zero-order valence-corrected chi connectivity index (χ0v) is 16.9. The van der Waals surface area contributed by atoms with Gasteiger partial charge in [-0.15, -0.1) is 0 Å². The van der Waals surface area contributed by atoms with Gasteiger partial charge in [0, 0.05) is 18.5 Å². The van der Waals surface area contributed by atoms with Crippen molar-refractivity contribution in [2.75, 3.05) is 0 Å². The Kier molecular flexibility index (Phi) is 5.62. The zero-order chi connectivity index (χ0) is 21.6. The van der Waals surface area contributed by atoms with Crippen LogP contribution in [0, 0.1) is 5.82 Å². The fourth-order valence-electron chi connectivity index (χ4n) is 4.58. The minimum Gasteiger partial charge on any atom is -0.444 e. The molecular formula is C21H27F4NO3. The number of hydrogen-bond acceptors (Lipinski definition) is 3. The standard InChI is InChI=1S/C21H27F4NO3/c1-19(2,3)29-18(27)26-16-5-4-6-17(26)12-20(28,11-16)10-13-7-14(21(23,24)25)9-15(22)8-13/h7-9,16-17,28H,4-6,10-12H2,1-3H3. The third-order valence-electron chi connectivity index (χ3n) is 5.52. The maximum absolute atomic E-state index is 13.7.